The number of hydrogen-bond donors (Lipinski definition) is 0. The van der Waals surface area contributed by atoms with Crippen LogP contribution in [-0.2, 0) is 14.9 Å². The van der Waals surface area contributed by atoms with Crippen molar-refractivity contribution in [1.82, 2.24) is 0 Å². The Labute approximate surface area is 104 Å². The zero-order valence-corrected chi connectivity index (χ0v) is 10.1. The van der Waals surface area contributed by atoms with Crippen LogP contribution in [0, 0.1) is 10.1 Å². The number of carbonyl (C=O) groups is 1. The Bertz CT molecular complexity index is 507. The van der Waals surface area contributed by atoms with Gasteiger partial charge in [0.1, 0.15) is 0 Å². The normalized spacial score (nSPS) is 15.9. The topological polar surface area (TPSA) is 78.7 Å². The van der Waals surface area contributed by atoms with E-state index < -0.39 is 10.3 Å². The maximum atomic E-state index is 11.8. The number of esters is 1. The molecule has 0 aliphatic heterocycles. The smallest absolute Gasteiger partial charge is 0.316 e. The number of nitro benzene ring substituents is 1. The summed E-state index contributed by atoms with van der Waals surface area (Å²) in [7, 11) is 2.67. The van der Waals surface area contributed by atoms with Gasteiger partial charge in [-0.1, -0.05) is 12.1 Å². The fourth-order valence-electron chi connectivity index (χ4n) is 2.16. The molecule has 1 aliphatic carbocycles. The van der Waals surface area contributed by atoms with Gasteiger partial charge in [0.2, 0.25) is 5.75 Å². The highest BCUT2D eigenvalue weighted by Crippen LogP contribution is 2.53. The van der Waals surface area contributed by atoms with E-state index in [9.17, 15) is 14.9 Å². The second-order valence-corrected chi connectivity index (χ2v) is 4.19. The molecule has 1 saturated carbocycles. The van der Waals surface area contributed by atoms with Crippen molar-refractivity contribution in [2.75, 3.05) is 14.2 Å². The lowest BCUT2D eigenvalue weighted by Gasteiger charge is -2.16. The Morgan fingerprint density at radius 2 is 2.06 bits per heavy atom. The highest BCUT2D eigenvalue weighted by Gasteiger charge is 2.55. The van der Waals surface area contributed by atoms with E-state index in [4.69, 9.17) is 9.47 Å². The molecular formula is C12H13NO5. The average molecular weight is 251 g/mol. The fraction of sp³-hybridized carbons (Fsp3) is 0.417. The maximum absolute atomic E-state index is 11.8. The van der Waals surface area contributed by atoms with Gasteiger partial charge in [-0.3, -0.25) is 14.9 Å². The third-order valence-electron chi connectivity index (χ3n) is 3.24. The van der Waals surface area contributed by atoms with Gasteiger partial charge in [-0.2, -0.15) is 0 Å². The molecule has 6 heteroatoms. The first-order chi connectivity index (χ1) is 8.56. The Balaban J connectivity index is 2.55. The van der Waals surface area contributed by atoms with Gasteiger partial charge in [0, 0.05) is 11.6 Å². The van der Waals surface area contributed by atoms with Crippen molar-refractivity contribution in [2.24, 2.45) is 0 Å². The summed E-state index contributed by atoms with van der Waals surface area (Å²) in [5.74, 6) is -0.230. The minimum absolute atomic E-state index is 0.134. The lowest BCUT2D eigenvalue weighted by atomic mass is 9.94. The first-order valence-corrected chi connectivity index (χ1v) is 5.47. The Hall–Kier alpha value is -2.11. The van der Waals surface area contributed by atoms with E-state index in [0.29, 0.717) is 18.4 Å². The zero-order valence-electron chi connectivity index (χ0n) is 10.1. The Morgan fingerprint density at radius 3 is 2.50 bits per heavy atom. The number of benzene rings is 1. The van der Waals surface area contributed by atoms with Gasteiger partial charge in [-0.25, -0.2) is 0 Å². The number of nitro groups is 1. The minimum atomic E-state index is -0.772. The standard InChI is InChI=1S/C12H13NO5/c1-17-10-8(4-3-5-9(10)13(15)16)12(6-7-12)11(14)18-2/h3-5H,6-7H2,1-2H3. The van der Waals surface area contributed by atoms with Crippen LogP contribution < -0.4 is 4.74 Å². The van der Waals surface area contributed by atoms with Gasteiger partial charge in [0.15, 0.2) is 0 Å². The van der Waals surface area contributed by atoms with Crippen molar-refractivity contribution in [2.45, 2.75) is 18.3 Å². The van der Waals surface area contributed by atoms with Crippen LogP contribution in [0.4, 0.5) is 5.69 Å². The van der Waals surface area contributed by atoms with Gasteiger partial charge in [-0.05, 0) is 12.8 Å². The number of ether oxygens (including phenoxy) is 2. The number of rotatable bonds is 4. The summed E-state index contributed by atoms with van der Waals surface area (Å²) in [6.45, 7) is 0. The van der Waals surface area contributed by atoms with Crippen LogP contribution in [0.5, 0.6) is 5.75 Å². The molecule has 0 radical (unpaired) electrons. The van der Waals surface area contributed by atoms with Gasteiger partial charge < -0.3 is 9.47 Å². The number of hydrogen-bond acceptors (Lipinski definition) is 5. The van der Waals surface area contributed by atoms with Crippen molar-refractivity contribution in [3.8, 4) is 5.75 Å². The van der Waals surface area contributed by atoms with Crippen molar-refractivity contribution >= 4 is 11.7 Å². The van der Waals surface area contributed by atoms with Crippen molar-refractivity contribution in [3.05, 3.63) is 33.9 Å². The molecule has 0 unspecified atom stereocenters. The van der Waals surface area contributed by atoms with Crippen molar-refractivity contribution in [3.63, 3.8) is 0 Å². The number of para-hydroxylation sites is 1. The van der Waals surface area contributed by atoms with Crippen LogP contribution in [-0.4, -0.2) is 25.1 Å². The van der Waals surface area contributed by atoms with Gasteiger partial charge in [0.05, 0.1) is 24.6 Å². The molecule has 6 nitrogen and oxygen atoms in total. The number of carbonyl (C=O) groups excluding carboxylic acids is 1. The molecule has 1 fully saturated rings. The molecule has 0 spiro atoms. The molecule has 0 N–H and O–H groups in total. The van der Waals surface area contributed by atoms with Crippen LogP contribution in [0.1, 0.15) is 18.4 Å². The number of methoxy groups -OCH3 is 2. The van der Waals surface area contributed by atoms with E-state index in [1.807, 2.05) is 0 Å². The van der Waals surface area contributed by atoms with E-state index in [-0.39, 0.29) is 17.4 Å². The third-order valence-corrected chi connectivity index (χ3v) is 3.24. The molecule has 0 amide bonds. The molecule has 0 atom stereocenters. The molecule has 0 bridgehead atoms. The first-order valence-electron chi connectivity index (χ1n) is 5.47. The molecule has 2 rings (SSSR count). The van der Waals surface area contributed by atoms with Crippen LogP contribution >= 0.6 is 0 Å². The lowest BCUT2D eigenvalue weighted by molar-refractivity contribution is -0.385. The summed E-state index contributed by atoms with van der Waals surface area (Å²) >= 11 is 0. The van der Waals surface area contributed by atoms with Crippen LogP contribution in [0.15, 0.2) is 18.2 Å². The van der Waals surface area contributed by atoms with E-state index >= 15 is 0 Å². The fourth-order valence-corrected chi connectivity index (χ4v) is 2.16. The van der Waals surface area contributed by atoms with Gasteiger partial charge in [-0.15, -0.1) is 0 Å². The van der Waals surface area contributed by atoms with Crippen molar-refractivity contribution < 1.29 is 19.2 Å². The Kier molecular flexibility index (Phi) is 2.94. The van der Waals surface area contributed by atoms with Crippen LogP contribution in [0.3, 0.4) is 0 Å². The van der Waals surface area contributed by atoms with Gasteiger partial charge in [0.25, 0.3) is 0 Å². The largest absolute Gasteiger partial charge is 0.490 e. The van der Waals surface area contributed by atoms with E-state index in [1.54, 1.807) is 12.1 Å². The SMILES string of the molecule is COC(=O)C1(c2cccc([N+](=O)[O-])c2OC)CC1. The Morgan fingerprint density at radius 1 is 1.39 bits per heavy atom. The summed E-state index contributed by atoms with van der Waals surface area (Å²) in [5.41, 5.74) is -0.372. The molecule has 1 aromatic rings. The van der Waals surface area contributed by atoms with Crippen LogP contribution in [0.2, 0.25) is 0 Å². The van der Waals surface area contributed by atoms with Crippen LogP contribution in [0.25, 0.3) is 0 Å². The molecular weight excluding hydrogens is 238 g/mol. The monoisotopic (exact) mass is 251 g/mol. The number of nitrogens with zero attached hydrogens (tertiary/aromatic N) is 1. The van der Waals surface area contributed by atoms with E-state index in [2.05, 4.69) is 0 Å². The molecule has 18 heavy (non-hydrogen) atoms. The summed E-state index contributed by atoms with van der Waals surface area (Å²) in [5, 5.41) is 10.9. The van der Waals surface area contributed by atoms with E-state index in [1.165, 1.54) is 20.3 Å². The van der Waals surface area contributed by atoms with Gasteiger partial charge >= 0.3 is 11.7 Å². The minimum Gasteiger partial charge on any atom is -0.490 e. The highest BCUT2D eigenvalue weighted by molar-refractivity contribution is 5.88. The third kappa shape index (κ3) is 1.70. The molecule has 0 aromatic heterocycles. The summed E-state index contributed by atoms with van der Waals surface area (Å²) in [6, 6.07) is 4.59. The molecule has 1 aliphatic rings. The second-order valence-electron chi connectivity index (χ2n) is 4.19. The summed E-state index contributed by atoms with van der Waals surface area (Å²) < 4.78 is 9.88. The molecule has 0 heterocycles. The second kappa shape index (κ2) is 4.29. The average Bonchev–Trinajstić information content (AvgIpc) is 3.18. The predicted molar refractivity (Wildman–Crippen MR) is 62.6 cm³/mol. The lowest BCUT2D eigenvalue weighted by Crippen LogP contribution is -2.22. The zero-order chi connectivity index (χ0) is 13.3. The molecule has 96 valence electrons. The quantitative estimate of drug-likeness (QED) is 0.463. The molecule has 1 aromatic carbocycles. The summed E-state index contributed by atoms with van der Waals surface area (Å²) in [6.07, 6.45) is 1.24. The first kappa shape index (κ1) is 12.3. The maximum Gasteiger partial charge on any atom is 0.316 e. The highest BCUT2D eigenvalue weighted by atomic mass is 16.6. The van der Waals surface area contributed by atoms with Crippen molar-refractivity contribution in [1.29, 1.82) is 0 Å². The molecule has 0 saturated heterocycles. The van der Waals surface area contributed by atoms with E-state index in [0.717, 1.165) is 0 Å². The predicted octanol–water partition coefficient (Wildman–Crippen LogP) is 1.81. The summed E-state index contributed by atoms with van der Waals surface area (Å²) in [4.78, 5) is 22.2.